The Morgan fingerprint density at radius 2 is 1.59 bits per heavy atom. The van der Waals surface area contributed by atoms with Gasteiger partial charge in [-0.2, -0.15) is 0 Å². The Labute approximate surface area is 160 Å². The molecule has 0 fully saturated rings. The summed E-state index contributed by atoms with van der Waals surface area (Å²) in [6.45, 7) is 0. The fourth-order valence-corrected chi connectivity index (χ4v) is 3.93. The lowest BCUT2D eigenvalue weighted by Crippen LogP contribution is -2.21. The average molecular weight is 376 g/mol. The van der Waals surface area contributed by atoms with Crippen molar-refractivity contribution in [2.75, 3.05) is 5.75 Å². The van der Waals surface area contributed by atoms with E-state index in [9.17, 15) is 9.18 Å². The van der Waals surface area contributed by atoms with Gasteiger partial charge in [-0.05, 0) is 48.4 Å². The van der Waals surface area contributed by atoms with Gasteiger partial charge in [-0.1, -0.05) is 54.2 Å². The summed E-state index contributed by atoms with van der Waals surface area (Å²) < 4.78 is 14.9. The first-order valence-electron chi connectivity index (χ1n) is 8.67. The highest BCUT2D eigenvalue weighted by molar-refractivity contribution is 7.99. The Morgan fingerprint density at radius 3 is 2.37 bits per heavy atom. The molecular weight excluding hydrogens is 359 g/mol. The van der Waals surface area contributed by atoms with Crippen molar-refractivity contribution in [1.29, 1.82) is 0 Å². The molecule has 1 aromatic heterocycles. The molecule has 0 spiro atoms. The number of aromatic nitrogens is 2. The second kappa shape index (κ2) is 7.76. The summed E-state index contributed by atoms with van der Waals surface area (Å²) in [7, 11) is 0. The smallest absolute Gasteiger partial charge is 0.266 e. The number of hydrogen-bond acceptors (Lipinski definition) is 3. The number of para-hydroxylation sites is 1. The van der Waals surface area contributed by atoms with E-state index in [1.807, 2.05) is 36.4 Å². The summed E-state index contributed by atoms with van der Waals surface area (Å²) >= 11 is 1.53. The number of hydrogen-bond donors (Lipinski definition) is 0. The fourth-order valence-electron chi connectivity index (χ4n) is 2.93. The van der Waals surface area contributed by atoms with E-state index in [0.717, 1.165) is 12.2 Å². The maximum atomic E-state index is 13.3. The second-order valence-electron chi connectivity index (χ2n) is 6.11. The van der Waals surface area contributed by atoms with Crippen LogP contribution in [0.15, 0.2) is 88.8 Å². The van der Waals surface area contributed by atoms with E-state index in [1.54, 1.807) is 22.8 Å². The molecule has 0 aliphatic heterocycles. The summed E-state index contributed by atoms with van der Waals surface area (Å²) in [4.78, 5) is 17.8. The van der Waals surface area contributed by atoms with E-state index in [4.69, 9.17) is 4.98 Å². The van der Waals surface area contributed by atoms with Crippen LogP contribution in [0.3, 0.4) is 0 Å². The van der Waals surface area contributed by atoms with Crippen LogP contribution in [-0.4, -0.2) is 15.3 Å². The van der Waals surface area contributed by atoms with E-state index in [0.29, 0.717) is 21.7 Å². The summed E-state index contributed by atoms with van der Waals surface area (Å²) in [6.07, 6.45) is 0.873. The normalized spacial score (nSPS) is 11.0. The summed E-state index contributed by atoms with van der Waals surface area (Å²) in [5.41, 5.74) is 2.38. The topological polar surface area (TPSA) is 34.9 Å². The third kappa shape index (κ3) is 3.78. The minimum absolute atomic E-state index is 0.144. The Hall–Kier alpha value is -2.92. The van der Waals surface area contributed by atoms with Crippen molar-refractivity contribution >= 4 is 22.7 Å². The summed E-state index contributed by atoms with van der Waals surface area (Å²) in [5.74, 6) is 0.453. The van der Waals surface area contributed by atoms with Gasteiger partial charge in [0, 0.05) is 5.75 Å². The zero-order chi connectivity index (χ0) is 18.6. The zero-order valence-electron chi connectivity index (χ0n) is 14.5. The first-order valence-corrected chi connectivity index (χ1v) is 9.65. The van der Waals surface area contributed by atoms with Crippen molar-refractivity contribution in [2.45, 2.75) is 11.6 Å². The van der Waals surface area contributed by atoms with E-state index in [-0.39, 0.29) is 11.4 Å². The summed E-state index contributed by atoms with van der Waals surface area (Å²) in [6, 6.07) is 23.4. The largest absolute Gasteiger partial charge is 0.268 e. The van der Waals surface area contributed by atoms with Gasteiger partial charge in [-0.3, -0.25) is 9.36 Å². The van der Waals surface area contributed by atoms with E-state index in [1.165, 1.54) is 29.5 Å². The molecule has 0 saturated heterocycles. The van der Waals surface area contributed by atoms with Crippen molar-refractivity contribution < 1.29 is 4.39 Å². The molecular formula is C22H17FN2OS. The van der Waals surface area contributed by atoms with Crippen molar-refractivity contribution in [3.05, 3.63) is 101 Å². The molecule has 4 aromatic rings. The number of halogens is 1. The number of thioether (sulfide) groups is 1. The van der Waals surface area contributed by atoms with Crippen molar-refractivity contribution in [1.82, 2.24) is 9.55 Å². The van der Waals surface area contributed by atoms with Crippen molar-refractivity contribution in [2.24, 2.45) is 0 Å². The molecule has 4 rings (SSSR count). The van der Waals surface area contributed by atoms with Crippen LogP contribution in [0.1, 0.15) is 5.56 Å². The Morgan fingerprint density at radius 1 is 0.889 bits per heavy atom. The van der Waals surface area contributed by atoms with Gasteiger partial charge < -0.3 is 0 Å². The van der Waals surface area contributed by atoms with Gasteiger partial charge in [0.1, 0.15) is 5.82 Å². The summed E-state index contributed by atoms with van der Waals surface area (Å²) in [5, 5.41) is 1.16. The molecule has 1 heterocycles. The van der Waals surface area contributed by atoms with Crippen LogP contribution < -0.4 is 5.56 Å². The van der Waals surface area contributed by atoms with Crippen LogP contribution in [-0.2, 0) is 6.42 Å². The van der Waals surface area contributed by atoms with Gasteiger partial charge in [-0.15, -0.1) is 0 Å². The maximum absolute atomic E-state index is 13.3. The van der Waals surface area contributed by atoms with Gasteiger partial charge in [0.15, 0.2) is 5.16 Å². The van der Waals surface area contributed by atoms with Crippen LogP contribution in [0.2, 0.25) is 0 Å². The van der Waals surface area contributed by atoms with Crippen molar-refractivity contribution in [3.8, 4) is 5.69 Å². The lowest BCUT2D eigenvalue weighted by molar-refractivity contribution is 0.627. The molecule has 27 heavy (non-hydrogen) atoms. The van der Waals surface area contributed by atoms with E-state index < -0.39 is 0 Å². The van der Waals surface area contributed by atoms with Crippen LogP contribution in [0.25, 0.3) is 16.6 Å². The van der Waals surface area contributed by atoms with Gasteiger partial charge >= 0.3 is 0 Å². The SMILES string of the molecule is O=c1c2ccccc2nc(SCCc2ccccc2)n1-c1ccc(F)cc1. The number of aryl methyl sites for hydroxylation is 1. The minimum Gasteiger partial charge on any atom is -0.268 e. The highest BCUT2D eigenvalue weighted by Crippen LogP contribution is 2.22. The molecule has 3 aromatic carbocycles. The first kappa shape index (κ1) is 17.5. The number of nitrogens with zero attached hydrogens (tertiary/aromatic N) is 2. The van der Waals surface area contributed by atoms with E-state index in [2.05, 4.69) is 12.1 Å². The quantitative estimate of drug-likeness (QED) is 0.369. The molecule has 0 N–H and O–H groups in total. The van der Waals surface area contributed by atoms with Gasteiger partial charge in [0.25, 0.3) is 5.56 Å². The predicted molar refractivity (Wildman–Crippen MR) is 108 cm³/mol. The molecule has 0 bridgehead atoms. The van der Waals surface area contributed by atoms with Crippen LogP contribution >= 0.6 is 11.8 Å². The third-order valence-electron chi connectivity index (χ3n) is 4.29. The Bertz CT molecular complexity index is 1120. The first-order chi connectivity index (χ1) is 13.2. The molecule has 0 unspecified atom stereocenters. The van der Waals surface area contributed by atoms with Crippen LogP contribution in [0.4, 0.5) is 4.39 Å². The average Bonchev–Trinajstić information content (AvgIpc) is 2.70. The maximum Gasteiger partial charge on any atom is 0.266 e. The van der Waals surface area contributed by atoms with Gasteiger partial charge in [0.05, 0.1) is 16.6 Å². The second-order valence-corrected chi connectivity index (χ2v) is 7.17. The zero-order valence-corrected chi connectivity index (χ0v) is 15.3. The fraction of sp³-hybridized carbons (Fsp3) is 0.0909. The van der Waals surface area contributed by atoms with Gasteiger partial charge in [-0.25, -0.2) is 9.37 Å². The molecule has 0 aliphatic carbocycles. The van der Waals surface area contributed by atoms with Crippen LogP contribution in [0, 0.1) is 5.82 Å². The van der Waals surface area contributed by atoms with Crippen molar-refractivity contribution in [3.63, 3.8) is 0 Å². The molecule has 3 nitrogen and oxygen atoms in total. The van der Waals surface area contributed by atoms with E-state index >= 15 is 0 Å². The molecule has 0 aliphatic rings. The lowest BCUT2D eigenvalue weighted by Gasteiger charge is -2.13. The molecule has 0 amide bonds. The number of benzene rings is 3. The highest BCUT2D eigenvalue weighted by Gasteiger charge is 2.13. The molecule has 134 valence electrons. The van der Waals surface area contributed by atoms with Gasteiger partial charge in [0.2, 0.25) is 0 Å². The predicted octanol–water partition coefficient (Wildman–Crippen LogP) is 4.86. The molecule has 5 heteroatoms. The number of rotatable bonds is 5. The third-order valence-corrected chi connectivity index (χ3v) is 5.23. The van der Waals surface area contributed by atoms with Crippen LogP contribution in [0.5, 0.6) is 0 Å². The molecule has 0 saturated carbocycles. The molecule has 0 atom stereocenters. The standard InChI is InChI=1S/C22H17FN2OS/c23-17-10-12-18(13-11-17)25-21(26)19-8-4-5-9-20(19)24-22(25)27-15-14-16-6-2-1-3-7-16/h1-13H,14-15H2. The monoisotopic (exact) mass is 376 g/mol. The highest BCUT2D eigenvalue weighted by atomic mass is 32.2. The minimum atomic E-state index is -0.334. The Balaban J connectivity index is 1.74. The Kier molecular flexibility index (Phi) is 5.03. The number of fused-ring (bicyclic) bond motifs is 1. The molecule has 0 radical (unpaired) electrons. The lowest BCUT2D eigenvalue weighted by atomic mass is 10.2.